The lowest BCUT2D eigenvalue weighted by atomic mass is 9.80. The van der Waals surface area contributed by atoms with Crippen molar-refractivity contribution in [3.8, 4) is 0 Å². The molecule has 0 aromatic heterocycles. The van der Waals surface area contributed by atoms with Gasteiger partial charge in [0.2, 0.25) is 5.91 Å². The number of aliphatic hydroxyl groups is 1. The van der Waals surface area contributed by atoms with E-state index in [2.05, 4.69) is 0 Å². The van der Waals surface area contributed by atoms with Gasteiger partial charge in [-0.1, -0.05) is 6.42 Å². The first-order chi connectivity index (χ1) is 8.10. The molecule has 1 saturated carbocycles. The number of rotatable bonds is 5. The maximum absolute atomic E-state index is 12.4. The highest BCUT2D eigenvalue weighted by Gasteiger charge is 2.30. The zero-order chi connectivity index (χ0) is 12.8. The van der Waals surface area contributed by atoms with E-state index in [1.165, 1.54) is 0 Å². The van der Waals surface area contributed by atoms with Gasteiger partial charge >= 0.3 is 0 Å². The van der Waals surface area contributed by atoms with Gasteiger partial charge in [-0.3, -0.25) is 4.79 Å². The predicted molar refractivity (Wildman–Crippen MR) is 68.4 cm³/mol. The van der Waals surface area contributed by atoms with E-state index < -0.39 is 0 Å². The second-order valence-corrected chi connectivity index (χ2v) is 5.31. The van der Waals surface area contributed by atoms with Gasteiger partial charge in [0.25, 0.3) is 0 Å². The van der Waals surface area contributed by atoms with Crippen molar-refractivity contribution in [3.63, 3.8) is 0 Å². The molecule has 4 nitrogen and oxygen atoms in total. The van der Waals surface area contributed by atoms with Crippen LogP contribution in [0.3, 0.4) is 0 Å². The Labute approximate surface area is 104 Å². The van der Waals surface area contributed by atoms with Crippen LogP contribution in [0.25, 0.3) is 0 Å². The van der Waals surface area contributed by atoms with E-state index in [4.69, 9.17) is 10.8 Å². The van der Waals surface area contributed by atoms with E-state index in [1.54, 1.807) is 4.90 Å². The Balaban J connectivity index is 2.59. The molecule has 17 heavy (non-hydrogen) atoms. The van der Waals surface area contributed by atoms with Gasteiger partial charge in [-0.2, -0.15) is 0 Å². The summed E-state index contributed by atoms with van der Waals surface area (Å²) in [5.74, 6) is 0.819. The molecule has 1 rings (SSSR count). The molecule has 3 N–H and O–H groups in total. The van der Waals surface area contributed by atoms with Gasteiger partial charge in [0.15, 0.2) is 0 Å². The zero-order valence-electron chi connectivity index (χ0n) is 11.1. The average molecular weight is 242 g/mol. The van der Waals surface area contributed by atoms with E-state index in [1.807, 2.05) is 13.8 Å². The van der Waals surface area contributed by atoms with Crippen molar-refractivity contribution < 1.29 is 9.90 Å². The maximum Gasteiger partial charge on any atom is 0.226 e. The highest BCUT2D eigenvalue weighted by Crippen LogP contribution is 2.30. The van der Waals surface area contributed by atoms with Crippen LogP contribution in [0.4, 0.5) is 0 Å². The number of hydrogen-bond acceptors (Lipinski definition) is 3. The summed E-state index contributed by atoms with van der Waals surface area (Å²) in [6.07, 6.45) is 4.15. The van der Waals surface area contributed by atoms with Crippen LogP contribution >= 0.6 is 0 Å². The molecule has 4 heteroatoms. The van der Waals surface area contributed by atoms with Gasteiger partial charge in [-0.25, -0.2) is 0 Å². The molecule has 0 radical (unpaired) electrons. The molecule has 0 aromatic carbocycles. The molecule has 100 valence electrons. The fraction of sp³-hybridized carbons (Fsp3) is 0.923. The SMILES string of the molecule is CC(C)N(CCO)C(=O)C1CCCC(CN)C1. The van der Waals surface area contributed by atoms with Crippen molar-refractivity contribution in [1.82, 2.24) is 4.90 Å². The third-order valence-corrected chi connectivity index (χ3v) is 3.71. The minimum atomic E-state index is 0.0386. The smallest absolute Gasteiger partial charge is 0.226 e. The summed E-state index contributed by atoms with van der Waals surface area (Å²) >= 11 is 0. The topological polar surface area (TPSA) is 66.6 Å². The van der Waals surface area contributed by atoms with Gasteiger partial charge < -0.3 is 15.7 Å². The molecular weight excluding hydrogens is 216 g/mol. The number of nitrogens with two attached hydrogens (primary N) is 1. The molecule has 0 spiro atoms. The van der Waals surface area contributed by atoms with Crippen LogP contribution in [0.2, 0.25) is 0 Å². The Morgan fingerprint density at radius 1 is 1.47 bits per heavy atom. The normalized spacial score (nSPS) is 25.0. The van der Waals surface area contributed by atoms with Gasteiger partial charge in [0.1, 0.15) is 0 Å². The molecule has 2 unspecified atom stereocenters. The minimum Gasteiger partial charge on any atom is -0.395 e. The van der Waals surface area contributed by atoms with E-state index in [-0.39, 0.29) is 24.5 Å². The zero-order valence-corrected chi connectivity index (χ0v) is 11.1. The first-order valence-electron chi connectivity index (χ1n) is 6.71. The number of carbonyl (C=O) groups excluding carboxylic acids is 1. The van der Waals surface area contributed by atoms with Crippen LogP contribution in [0, 0.1) is 11.8 Å². The van der Waals surface area contributed by atoms with Crippen LogP contribution in [0.15, 0.2) is 0 Å². The quantitative estimate of drug-likeness (QED) is 0.755. The molecule has 1 amide bonds. The molecule has 0 aromatic rings. The molecule has 0 bridgehead atoms. The van der Waals surface area contributed by atoms with Crippen LogP contribution in [-0.4, -0.2) is 41.7 Å². The Bertz CT molecular complexity index is 244. The van der Waals surface area contributed by atoms with E-state index >= 15 is 0 Å². The maximum atomic E-state index is 12.4. The summed E-state index contributed by atoms with van der Waals surface area (Å²) in [5, 5.41) is 9.02. The Kier molecular flexibility index (Phi) is 5.92. The standard InChI is InChI=1S/C13H26N2O2/c1-10(2)15(6-7-16)13(17)12-5-3-4-11(8-12)9-14/h10-12,16H,3-9,14H2,1-2H3. The molecule has 0 saturated heterocycles. The van der Waals surface area contributed by atoms with Crippen molar-refractivity contribution in [3.05, 3.63) is 0 Å². The number of carbonyl (C=O) groups is 1. The number of nitrogens with zero attached hydrogens (tertiary/aromatic N) is 1. The highest BCUT2D eigenvalue weighted by molar-refractivity contribution is 5.79. The Morgan fingerprint density at radius 3 is 2.71 bits per heavy atom. The van der Waals surface area contributed by atoms with Crippen LogP contribution in [0.5, 0.6) is 0 Å². The van der Waals surface area contributed by atoms with Crippen molar-refractivity contribution in [2.24, 2.45) is 17.6 Å². The van der Waals surface area contributed by atoms with Crippen molar-refractivity contribution in [1.29, 1.82) is 0 Å². The monoisotopic (exact) mass is 242 g/mol. The summed E-state index contributed by atoms with van der Waals surface area (Å²) in [5.41, 5.74) is 5.70. The van der Waals surface area contributed by atoms with Gasteiger partial charge in [0, 0.05) is 18.5 Å². The molecule has 2 atom stereocenters. The summed E-state index contributed by atoms with van der Waals surface area (Å²) in [4.78, 5) is 14.2. The summed E-state index contributed by atoms with van der Waals surface area (Å²) in [7, 11) is 0. The summed E-state index contributed by atoms with van der Waals surface area (Å²) in [6, 6.07) is 0.160. The first kappa shape index (κ1) is 14.5. The molecule has 1 fully saturated rings. The molecule has 0 heterocycles. The lowest BCUT2D eigenvalue weighted by Crippen LogP contribution is -2.44. The van der Waals surface area contributed by atoms with Crippen LogP contribution in [0.1, 0.15) is 39.5 Å². The number of aliphatic hydroxyl groups excluding tert-OH is 1. The third kappa shape index (κ3) is 3.96. The van der Waals surface area contributed by atoms with Crippen molar-refractivity contribution in [2.75, 3.05) is 19.7 Å². The first-order valence-corrected chi connectivity index (χ1v) is 6.71. The average Bonchev–Trinajstić information content (AvgIpc) is 2.34. The van der Waals surface area contributed by atoms with Crippen molar-refractivity contribution in [2.45, 2.75) is 45.6 Å². The van der Waals surface area contributed by atoms with E-state index in [0.29, 0.717) is 19.0 Å². The molecule has 1 aliphatic carbocycles. The molecule has 1 aliphatic rings. The third-order valence-electron chi connectivity index (χ3n) is 3.71. The highest BCUT2D eigenvalue weighted by atomic mass is 16.3. The van der Waals surface area contributed by atoms with E-state index in [0.717, 1.165) is 25.7 Å². The minimum absolute atomic E-state index is 0.0386. The van der Waals surface area contributed by atoms with Crippen molar-refractivity contribution >= 4 is 5.91 Å². The van der Waals surface area contributed by atoms with Gasteiger partial charge in [0.05, 0.1) is 6.61 Å². The Morgan fingerprint density at radius 2 is 2.18 bits per heavy atom. The predicted octanol–water partition coefficient (Wildman–Crippen LogP) is 0.981. The van der Waals surface area contributed by atoms with Crippen LogP contribution in [-0.2, 0) is 4.79 Å². The van der Waals surface area contributed by atoms with Crippen LogP contribution < -0.4 is 5.73 Å². The second-order valence-electron chi connectivity index (χ2n) is 5.31. The summed E-state index contributed by atoms with van der Waals surface area (Å²) < 4.78 is 0. The van der Waals surface area contributed by atoms with Gasteiger partial charge in [-0.05, 0) is 45.6 Å². The number of amides is 1. The second kappa shape index (κ2) is 6.97. The summed E-state index contributed by atoms with van der Waals surface area (Å²) in [6.45, 7) is 5.16. The molecular formula is C13H26N2O2. The molecule has 0 aliphatic heterocycles. The fourth-order valence-electron chi connectivity index (χ4n) is 2.69. The van der Waals surface area contributed by atoms with E-state index in [9.17, 15) is 4.79 Å². The fourth-order valence-corrected chi connectivity index (χ4v) is 2.69. The lowest BCUT2D eigenvalue weighted by molar-refractivity contribution is -0.139. The number of hydrogen-bond donors (Lipinski definition) is 2. The lowest BCUT2D eigenvalue weighted by Gasteiger charge is -2.34. The largest absolute Gasteiger partial charge is 0.395 e. The van der Waals surface area contributed by atoms with Gasteiger partial charge in [-0.15, -0.1) is 0 Å². The Hall–Kier alpha value is -0.610.